The maximum absolute atomic E-state index is 12.2. The highest BCUT2D eigenvalue weighted by atomic mass is 35.5. The number of hydrogen-bond donors (Lipinski definition) is 2. The number of nitrogens with two attached hydrogens (primary N) is 1. The Morgan fingerprint density at radius 2 is 2.17 bits per heavy atom. The predicted octanol–water partition coefficient (Wildman–Crippen LogP) is 1.30. The Kier molecular flexibility index (Phi) is 3.45. The molecule has 1 aromatic rings. The zero-order valence-corrected chi connectivity index (χ0v) is 10.9. The van der Waals surface area contributed by atoms with Crippen LogP contribution in [0.3, 0.4) is 0 Å². The maximum Gasteiger partial charge on any atom is 0.257 e. The number of piperidine rings is 1. The summed E-state index contributed by atoms with van der Waals surface area (Å²) in [7, 11) is 0. The van der Waals surface area contributed by atoms with Gasteiger partial charge in [-0.3, -0.25) is 4.79 Å². The highest BCUT2D eigenvalue weighted by Gasteiger charge is 2.30. The average Bonchev–Trinajstić information content (AvgIpc) is 2.31. The lowest BCUT2D eigenvalue weighted by Gasteiger charge is -2.35. The molecule has 5 nitrogen and oxygen atoms in total. The molecule has 1 aliphatic heterocycles. The third kappa shape index (κ3) is 2.73. The molecule has 2 rings (SSSR count). The summed E-state index contributed by atoms with van der Waals surface area (Å²) in [5.41, 5.74) is 5.65. The topological polar surface area (TPSA) is 79.5 Å². The third-order valence-corrected chi connectivity index (χ3v) is 3.52. The van der Waals surface area contributed by atoms with Gasteiger partial charge in [-0.1, -0.05) is 11.6 Å². The molecule has 0 spiro atoms. The largest absolute Gasteiger partial charge is 0.397 e. The number of halogens is 1. The van der Waals surface area contributed by atoms with Crippen molar-refractivity contribution >= 4 is 23.2 Å². The van der Waals surface area contributed by atoms with Crippen molar-refractivity contribution in [3.05, 3.63) is 23.0 Å². The Bertz CT molecular complexity index is 466. The minimum absolute atomic E-state index is 0.159. The summed E-state index contributed by atoms with van der Waals surface area (Å²) in [4.78, 5) is 17.8. The van der Waals surface area contributed by atoms with Gasteiger partial charge in [-0.2, -0.15) is 0 Å². The van der Waals surface area contributed by atoms with E-state index in [0.717, 1.165) is 0 Å². The van der Waals surface area contributed by atoms with E-state index >= 15 is 0 Å². The van der Waals surface area contributed by atoms with Crippen LogP contribution in [0.4, 0.5) is 5.69 Å². The Hall–Kier alpha value is -1.33. The van der Waals surface area contributed by atoms with Crippen LogP contribution in [0.5, 0.6) is 0 Å². The monoisotopic (exact) mass is 269 g/mol. The van der Waals surface area contributed by atoms with Crippen LogP contribution >= 0.6 is 11.6 Å². The van der Waals surface area contributed by atoms with Gasteiger partial charge in [0.1, 0.15) is 5.15 Å². The SMILES string of the molecule is CC1(O)CCN(C(=O)c2cc(N)cnc2Cl)CC1. The van der Waals surface area contributed by atoms with E-state index in [9.17, 15) is 9.90 Å². The number of rotatable bonds is 1. The fourth-order valence-electron chi connectivity index (χ4n) is 1.98. The summed E-state index contributed by atoms with van der Waals surface area (Å²) in [5.74, 6) is -0.185. The smallest absolute Gasteiger partial charge is 0.257 e. The number of aliphatic hydroxyl groups is 1. The third-order valence-electron chi connectivity index (χ3n) is 3.22. The summed E-state index contributed by atoms with van der Waals surface area (Å²) >= 11 is 5.90. The number of amides is 1. The number of likely N-dealkylation sites (tertiary alicyclic amines) is 1. The Morgan fingerprint density at radius 1 is 1.56 bits per heavy atom. The van der Waals surface area contributed by atoms with Gasteiger partial charge in [-0.25, -0.2) is 4.98 Å². The summed E-state index contributed by atoms with van der Waals surface area (Å²) in [5, 5.41) is 10.0. The molecular formula is C12H16ClN3O2. The Balaban J connectivity index is 2.15. The quantitative estimate of drug-likeness (QED) is 0.753. The standard InChI is InChI=1S/C12H16ClN3O2/c1-12(18)2-4-16(5-3-12)11(17)9-6-8(14)7-15-10(9)13/h6-7,18H,2-5,14H2,1H3. The van der Waals surface area contributed by atoms with Gasteiger partial charge in [-0.15, -0.1) is 0 Å². The van der Waals surface area contributed by atoms with Gasteiger partial charge in [0, 0.05) is 13.1 Å². The van der Waals surface area contributed by atoms with Gasteiger partial charge < -0.3 is 15.7 Å². The van der Waals surface area contributed by atoms with E-state index < -0.39 is 5.60 Å². The molecule has 0 radical (unpaired) electrons. The first-order valence-corrected chi connectivity index (χ1v) is 6.19. The Morgan fingerprint density at radius 3 is 2.78 bits per heavy atom. The van der Waals surface area contributed by atoms with Crippen molar-refractivity contribution in [2.75, 3.05) is 18.8 Å². The lowest BCUT2D eigenvalue weighted by atomic mass is 9.93. The number of aromatic nitrogens is 1. The number of nitrogens with zero attached hydrogens (tertiary/aromatic N) is 2. The highest BCUT2D eigenvalue weighted by molar-refractivity contribution is 6.32. The van der Waals surface area contributed by atoms with Gasteiger partial charge >= 0.3 is 0 Å². The molecule has 0 bridgehead atoms. The molecule has 3 N–H and O–H groups in total. The molecule has 0 unspecified atom stereocenters. The number of carbonyl (C=O) groups is 1. The van der Waals surface area contributed by atoms with Crippen LogP contribution in [0.1, 0.15) is 30.1 Å². The lowest BCUT2D eigenvalue weighted by molar-refractivity contribution is -0.00202. The minimum atomic E-state index is -0.686. The minimum Gasteiger partial charge on any atom is -0.397 e. The summed E-state index contributed by atoms with van der Waals surface area (Å²) < 4.78 is 0. The van der Waals surface area contributed by atoms with Crippen molar-refractivity contribution < 1.29 is 9.90 Å². The van der Waals surface area contributed by atoms with Crippen LogP contribution in [-0.2, 0) is 0 Å². The van der Waals surface area contributed by atoms with E-state index in [2.05, 4.69) is 4.98 Å². The van der Waals surface area contributed by atoms with Crippen molar-refractivity contribution in [1.82, 2.24) is 9.88 Å². The zero-order chi connectivity index (χ0) is 13.3. The fraction of sp³-hybridized carbons (Fsp3) is 0.500. The van der Waals surface area contributed by atoms with Crippen LogP contribution in [0.15, 0.2) is 12.3 Å². The number of pyridine rings is 1. The Labute approximate surface area is 111 Å². The summed E-state index contributed by atoms with van der Waals surface area (Å²) in [6.07, 6.45) is 2.54. The molecule has 6 heteroatoms. The molecule has 1 saturated heterocycles. The van der Waals surface area contributed by atoms with Gasteiger partial charge in [-0.05, 0) is 25.8 Å². The van der Waals surface area contributed by atoms with Crippen molar-refractivity contribution in [1.29, 1.82) is 0 Å². The van der Waals surface area contributed by atoms with E-state index in [-0.39, 0.29) is 11.1 Å². The average molecular weight is 270 g/mol. The van der Waals surface area contributed by atoms with E-state index in [0.29, 0.717) is 37.2 Å². The van der Waals surface area contributed by atoms with Gasteiger partial charge in [0.2, 0.25) is 0 Å². The summed E-state index contributed by atoms with van der Waals surface area (Å²) in [6.45, 7) is 2.80. The van der Waals surface area contributed by atoms with Crippen LogP contribution in [0.25, 0.3) is 0 Å². The van der Waals surface area contributed by atoms with Gasteiger partial charge in [0.15, 0.2) is 0 Å². The van der Waals surface area contributed by atoms with Crippen molar-refractivity contribution in [3.8, 4) is 0 Å². The maximum atomic E-state index is 12.2. The first kappa shape index (κ1) is 13.1. The van der Waals surface area contributed by atoms with Crippen LogP contribution in [-0.4, -0.2) is 39.6 Å². The molecule has 1 amide bonds. The molecule has 18 heavy (non-hydrogen) atoms. The molecule has 1 aromatic heterocycles. The second kappa shape index (κ2) is 4.74. The number of carbonyl (C=O) groups excluding carboxylic acids is 1. The molecule has 98 valence electrons. The van der Waals surface area contributed by atoms with Crippen LogP contribution < -0.4 is 5.73 Å². The zero-order valence-electron chi connectivity index (χ0n) is 10.2. The predicted molar refractivity (Wildman–Crippen MR) is 69.4 cm³/mol. The van der Waals surface area contributed by atoms with E-state index in [1.165, 1.54) is 12.3 Å². The van der Waals surface area contributed by atoms with E-state index in [1.807, 2.05) is 0 Å². The lowest BCUT2D eigenvalue weighted by Crippen LogP contribution is -2.45. The fourth-order valence-corrected chi connectivity index (χ4v) is 2.16. The van der Waals surface area contributed by atoms with Crippen molar-refractivity contribution in [2.24, 2.45) is 0 Å². The molecule has 1 aliphatic rings. The molecular weight excluding hydrogens is 254 g/mol. The highest BCUT2D eigenvalue weighted by Crippen LogP contribution is 2.24. The van der Waals surface area contributed by atoms with Gasteiger partial charge in [0.25, 0.3) is 5.91 Å². The van der Waals surface area contributed by atoms with Crippen molar-refractivity contribution in [3.63, 3.8) is 0 Å². The first-order valence-electron chi connectivity index (χ1n) is 5.82. The van der Waals surface area contributed by atoms with E-state index in [1.54, 1.807) is 11.8 Å². The molecule has 0 aromatic carbocycles. The summed E-state index contributed by atoms with van der Waals surface area (Å²) in [6, 6.07) is 1.53. The number of nitrogen functional groups attached to an aromatic ring is 1. The van der Waals surface area contributed by atoms with Crippen LogP contribution in [0.2, 0.25) is 5.15 Å². The normalized spacial score (nSPS) is 18.7. The van der Waals surface area contributed by atoms with Gasteiger partial charge in [0.05, 0.1) is 23.0 Å². The molecule has 2 heterocycles. The second-order valence-corrected chi connectivity index (χ2v) is 5.25. The molecule has 0 atom stereocenters. The molecule has 0 aliphatic carbocycles. The molecule has 1 fully saturated rings. The van der Waals surface area contributed by atoms with E-state index in [4.69, 9.17) is 17.3 Å². The first-order chi connectivity index (χ1) is 8.39. The number of anilines is 1. The second-order valence-electron chi connectivity index (χ2n) is 4.90. The van der Waals surface area contributed by atoms with Crippen molar-refractivity contribution in [2.45, 2.75) is 25.4 Å². The van der Waals surface area contributed by atoms with Crippen LogP contribution in [0, 0.1) is 0 Å². The molecule has 0 saturated carbocycles. The number of hydrogen-bond acceptors (Lipinski definition) is 4.